The zero-order valence-corrected chi connectivity index (χ0v) is 15.1. The van der Waals surface area contributed by atoms with Gasteiger partial charge in [-0.05, 0) is 44.6 Å². The molecule has 2 unspecified atom stereocenters. The molecule has 1 saturated heterocycles. The molecule has 1 aliphatic rings. The number of hydrogen-bond acceptors (Lipinski definition) is 3. The lowest BCUT2D eigenvalue weighted by atomic mass is 10.0. The molecule has 0 saturated carbocycles. The van der Waals surface area contributed by atoms with Gasteiger partial charge in [0, 0.05) is 42.7 Å². The molecule has 1 aliphatic heterocycles. The first-order valence-electron chi connectivity index (χ1n) is 8.03. The van der Waals surface area contributed by atoms with Crippen LogP contribution in [0.2, 0.25) is 0 Å². The molecule has 0 aliphatic carbocycles. The summed E-state index contributed by atoms with van der Waals surface area (Å²) < 4.78 is 1.16. The highest BCUT2D eigenvalue weighted by Crippen LogP contribution is 2.21. The van der Waals surface area contributed by atoms with E-state index in [1.165, 1.54) is 38.3 Å². The van der Waals surface area contributed by atoms with Crippen LogP contribution in [0.15, 0.2) is 28.7 Å². The highest BCUT2D eigenvalue weighted by Gasteiger charge is 2.22. The second-order valence-corrected chi connectivity index (χ2v) is 6.88. The minimum atomic E-state index is 0.432. The lowest BCUT2D eigenvalue weighted by molar-refractivity contribution is 0.0854. The molecule has 1 N–H and O–H groups in total. The van der Waals surface area contributed by atoms with Gasteiger partial charge in [-0.15, -0.1) is 0 Å². The number of nitrogens with one attached hydrogen (secondary N) is 1. The zero-order chi connectivity index (χ0) is 15.2. The van der Waals surface area contributed by atoms with Gasteiger partial charge in [0.25, 0.3) is 0 Å². The molecule has 2 rings (SSSR count). The fraction of sp³-hybridized carbons (Fsp3) is 0.647. The molecule has 118 valence electrons. The Morgan fingerprint density at radius 2 is 2.19 bits per heavy atom. The van der Waals surface area contributed by atoms with E-state index in [1.807, 2.05) is 0 Å². The summed E-state index contributed by atoms with van der Waals surface area (Å²) >= 11 is 3.57. The average molecular weight is 354 g/mol. The summed E-state index contributed by atoms with van der Waals surface area (Å²) in [6.07, 6.45) is 1.16. The number of benzene rings is 1. The third kappa shape index (κ3) is 4.78. The van der Waals surface area contributed by atoms with Crippen LogP contribution >= 0.6 is 15.9 Å². The molecule has 1 aromatic rings. The van der Waals surface area contributed by atoms with Crippen LogP contribution in [0.5, 0.6) is 0 Å². The fourth-order valence-electron chi connectivity index (χ4n) is 3.26. The molecule has 4 heteroatoms. The van der Waals surface area contributed by atoms with E-state index in [4.69, 9.17) is 0 Å². The number of rotatable bonds is 6. The molecule has 0 bridgehead atoms. The highest BCUT2D eigenvalue weighted by molar-refractivity contribution is 9.10. The van der Waals surface area contributed by atoms with E-state index < -0.39 is 0 Å². The summed E-state index contributed by atoms with van der Waals surface area (Å²) in [6.45, 7) is 10.6. The molecular formula is C17H28BrN3. The number of likely N-dealkylation sites (N-methyl/N-ethyl adjacent to an activating group) is 1. The first-order chi connectivity index (χ1) is 10.1. The van der Waals surface area contributed by atoms with Gasteiger partial charge in [-0.1, -0.05) is 35.0 Å². The molecular weight excluding hydrogens is 326 g/mol. The van der Waals surface area contributed by atoms with Gasteiger partial charge < -0.3 is 10.2 Å². The predicted molar refractivity (Wildman–Crippen MR) is 93.7 cm³/mol. The first kappa shape index (κ1) is 16.9. The number of hydrogen-bond donors (Lipinski definition) is 1. The van der Waals surface area contributed by atoms with Gasteiger partial charge in [-0.3, -0.25) is 4.90 Å². The van der Waals surface area contributed by atoms with Crippen LogP contribution in [0.1, 0.15) is 31.9 Å². The lowest BCUT2D eigenvalue weighted by Crippen LogP contribution is -2.51. The van der Waals surface area contributed by atoms with Crippen LogP contribution in [0, 0.1) is 0 Å². The van der Waals surface area contributed by atoms with E-state index in [-0.39, 0.29) is 0 Å². The smallest absolute Gasteiger partial charge is 0.0330 e. The van der Waals surface area contributed by atoms with Crippen LogP contribution < -0.4 is 5.32 Å². The maximum atomic E-state index is 3.57. The van der Waals surface area contributed by atoms with Gasteiger partial charge in [0.05, 0.1) is 0 Å². The van der Waals surface area contributed by atoms with Gasteiger partial charge in [0.15, 0.2) is 0 Å². The minimum Gasteiger partial charge on any atom is -0.313 e. The summed E-state index contributed by atoms with van der Waals surface area (Å²) in [6, 6.07) is 9.75. The largest absolute Gasteiger partial charge is 0.313 e. The molecule has 0 aromatic heterocycles. The maximum Gasteiger partial charge on any atom is 0.0330 e. The highest BCUT2D eigenvalue weighted by atomic mass is 79.9. The third-order valence-corrected chi connectivity index (χ3v) is 5.08. The third-order valence-electron chi connectivity index (χ3n) is 4.59. The normalized spacial score (nSPS) is 22.4. The monoisotopic (exact) mass is 353 g/mol. The van der Waals surface area contributed by atoms with E-state index in [2.05, 4.69) is 76.2 Å². The van der Waals surface area contributed by atoms with Gasteiger partial charge in [-0.25, -0.2) is 0 Å². The Labute approximate surface area is 137 Å². The topological polar surface area (TPSA) is 18.5 Å². The van der Waals surface area contributed by atoms with Crippen molar-refractivity contribution in [2.24, 2.45) is 0 Å². The molecule has 0 radical (unpaired) electrons. The summed E-state index contributed by atoms with van der Waals surface area (Å²) in [4.78, 5) is 5.18. The van der Waals surface area contributed by atoms with Crippen LogP contribution in [-0.4, -0.2) is 55.6 Å². The number of nitrogens with zero attached hydrogens (tertiary/aromatic N) is 2. The van der Waals surface area contributed by atoms with Gasteiger partial charge in [0.1, 0.15) is 0 Å². The van der Waals surface area contributed by atoms with E-state index in [0.29, 0.717) is 12.1 Å². The Hall–Kier alpha value is -0.420. The Morgan fingerprint density at radius 3 is 2.81 bits per heavy atom. The first-order valence-corrected chi connectivity index (χ1v) is 8.82. The summed E-state index contributed by atoms with van der Waals surface area (Å²) in [5, 5.41) is 3.46. The summed E-state index contributed by atoms with van der Waals surface area (Å²) in [5.74, 6) is 0. The molecule has 0 spiro atoms. The Balaban J connectivity index is 1.86. The van der Waals surface area contributed by atoms with Crippen molar-refractivity contribution < 1.29 is 0 Å². The van der Waals surface area contributed by atoms with Crippen LogP contribution in [0.25, 0.3) is 0 Å². The van der Waals surface area contributed by atoms with Crippen LogP contribution in [-0.2, 0) is 0 Å². The second-order valence-electron chi connectivity index (χ2n) is 5.96. The van der Waals surface area contributed by atoms with Crippen molar-refractivity contribution in [2.75, 3.05) is 39.8 Å². The standard InChI is InChI=1S/C17H28BrN3/c1-4-21-11-10-20(13-14(21)2)9-8-17(19-3)15-6-5-7-16(18)12-15/h5-7,12,14,17,19H,4,8-11,13H2,1-3H3. The zero-order valence-electron chi connectivity index (χ0n) is 13.5. The Kier molecular flexibility index (Phi) is 6.68. The molecule has 3 nitrogen and oxygen atoms in total. The van der Waals surface area contributed by atoms with Crippen LogP contribution in [0.3, 0.4) is 0 Å². The van der Waals surface area contributed by atoms with E-state index in [9.17, 15) is 0 Å². The van der Waals surface area contributed by atoms with Crippen molar-refractivity contribution in [1.82, 2.24) is 15.1 Å². The molecule has 1 fully saturated rings. The lowest BCUT2D eigenvalue weighted by Gasteiger charge is -2.39. The van der Waals surface area contributed by atoms with Crippen molar-refractivity contribution in [3.05, 3.63) is 34.3 Å². The second kappa shape index (κ2) is 8.28. The molecule has 21 heavy (non-hydrogen) atoms. The Bertz CT molecular complexity index is 438. The number of piperazine rings is 1. The summed E-state index contributed by atoms with van der Waals surface area (Å²) in [7, 11) is 2.06. The number of halogens is 1. The van der Waals surface area contributed by atoms with Crippen molar-refractivity contribution in [3.63, 3.8) is 0 Å². The predicted octanol–water partition coefficient (Wildman–Crippen LogP) is 3.13. The molecule has 2 atom stereocenters. The molecule has 1 aromatic carbocycles. The van der Waals surface area contributed by atoms with E-state index >= 15 is 0 Å². The van der Waals surface area contributed by atoms with Crippen molar-refractivity contribution in [2.45, 2.75) is 32.4 Å². The maximum absolute atomic E-state index is 3.57. The van der Waals surface area contributed by atoms with E-state index in [1.54, 1.807) is 0 Å². The molecule has 0 amide bonds. The van der Waals surface area contributed by atoms with Gasteiger partial charge in [-0.2, -0.15) is 0 Å². The SMILES string of the molecule is CCN1CCN(CCC(NC)c2cccc(Br)c2)CC1C. The van der Waals surface area contributed by atoms with Crippen LogP contribution in [0.4, 0.5) is 0 Å². The van der Waals surface area contributed by atoms with Crippen molar-refractivity contribution >= 4 is 15.9 Å². The quantitative estimate of drug-likeness (QED) is 0.847. The van der Waals surface area contributed by atoms with E-state index in [0.717, 1.165) is 10.9 Å². The fourth-order valence-corrected chi connectivity index (χ4v) is 3.67. The molecule has 1 heterocycles. The van der Waals surface area contributed by atoms with Crippen molar-refractivity contribution in [3.8, 4) is 0 Å². The van der Waals surface area contributed by atoms with Gasteiger partial charge in [0.2, 0.25) is 0 Å². The summed E-state index contributed by atoms with van der Waals surface area (Å²) in [5.41, 5.74) is 1.37. The minimum absolute atomic E-state index is 0.432. The Morgan fingerprint density at radius 1 is 1.38 bits per heavy atom. The van der Waals surface area contributed by atoms with Crippen molar-refractivity contribution in [1.29, 1.82) is 0 Å². The van der Waals surface area contributed by atoms with Gasteiger partial charge >= 0.3 is 0 Å². The average Bonchev–Trinajstić information content (AvgIpc) is 2.48.